The highest BCUT2D eigenvalue weighted by Gasteiger charge is 2.21. The first kappa shape index (κ1) is 7.50. The van der Waals surface area contributed by atoms with E-state index >= 15 is 0 Å². The van der Waals surface area contributed by atoms with Gasteiger partial charge in [0.1, 0.15) is 0 Å². The summed E-state index contributed by atoms with van der Waals surface area (Å²) in [5.74, 6) is 5.23. The zero-order valence-electron chi connectivity index (χ0n) is 5.92. The van der Waals surface area contributed by atoms with Gasteiger partial charge in [-0.2, -0.15) is 0 Å². The quantitative estimate of drug-likeness (QED) is 0.465. The number of amides is 1. The van der Waals surface area contributed by atoms with Gasteiger partial charge in [-0.1, -0.05) is 0 Å². The molecule has 0 saturated carbocycles. The number of piperidine rings is 1. The normalized spacial score (nSPS) is 28.3. The zero-order chi connectivity index (χ0) is 7.56. The van der Waals surface area contributed by atoms with E-state index in [2.05, 4.69) is 0 Å². The number of nitrogens with zero attached hydrogens (tertiary/aromatic N) is 1. The second kappa shape index (κ2) is 2.98. The Morgan fingerprint density at radius 1 is 1.60 bits per heavy atom. The maximum Gasteiger partial charge on any atom is 0.221 e. The molecule has 1 saturated heterocycles. The topological polar surface area (TPSA) is 72.4 Å². The third-order valence-electron chi connectivity index (χ3n) is 1.86. The van der Waals surface area contributed by atoms with Gasteiger partial charge in [-0.15, -0.1) is 0 Å². The number of hydrogen-bond donors (Lipinski definition) is 2. The van der Waals surface area contributed by atoms with Crippen molar-refractivity contribution in [1.29, 1.82) is 0 Å². The fourth-order valence-corrected chi connectivity index (χ4v) is 1.24. The molecule has 0 spiro atoms. The van der Waals surface area contributed by atoms with Crippen LogP contribution in [0, 0.1) is 5.92 Å². The van der Waals surface area contributed by atoms with Crippen LogP contribution in [-0.2, 0) is 4.79 Å². The van der Waals surface area contributed by atoms with Crippen molar-refractivity contribution in [3.05, 3.63) is 0 Å². The van der Waals surface area contributed by atoms with Crippen molar-refractivity contribution < 1.29 is 4.79 Å². The van der Waals surface area contributed by atoms with Crippen molar-refractivity contribution >= 4 is 5.91 Å². The van der Waals surface area contributed by atoms with Gasteiger partial charge in [0.05, 0.1) is 5.92 Å². The zero-order valence-corrected chi connectivity index (χ0v) is 5.92. The third-order valence-corrected chi connectivity index (χ3v) is 1.86. The van der Waals surface area contributed by atoms with E-state index in [1.54, 1.807) is 5.01 Å². The molecule has 1 heterocycles. The summed E-state index contributed by atoms with van der Waals surface area (Å²) in [4.78, 5) is 10.6. The predicted octanol–water partition coefficient (Wildman–Crippen LogP) is -0.943. The summed E-state index contributed by atoms with van der Waals surface area (Å²) in [7, 11) is 0. The second-order valence-electron chi connectivity index (χ2n) is 2.74. The van der Waals surface area contributed by atoms with Gasteiger partial charge in [0.25, 0.3) is 0 Å². The number of rotatable bonds is 1. The van der Waals surface area contributed by atoms with E-state index < -0.39 is 0 Å². The molecule has 1 aliphatic heterocycles. The highest BCUT2D eigenvalue weighted by atomic mass is 16.1. The van der Waals surface area contributed by atoms with Crippen molar-refractivity contribution in [2.24, 2.45) is 17.5 Å². The molecular weight excluding hydrogens is 130 g/mol. The summed E-state index contributed by atoms with van der Waals surface area (Å²) in [6.45, 7) is 1.50. The molecule has 1 atom stereocenters. The Hall–Kier alpha value is -0.610. The molecule has 0 aliphatic carbocycles. The van der Waals surface area contributed by atoms with Gasteiger partial charge in [-0.3, -0.25) is 10.6 Å². The van der Waals surface area contributed by atoms with E-state index in [0.717, 1.165) is 19.4 Å². The van der Waals surface area contributed by atoms with Crippen LogP contribution in [0.15, 0.2) is 0 Å². The molecule has 4 nitrogen and oxygen atoms in total. The first-order valence-corrected chi connectivity index (χ1v) is 3.49. The van der Waals surface area contributed by atoms with E-state index in [4.69, 9.17) is 11.6 Å². The second-order valence-corrected chi connectivity index (χ2v) is 2.74. The van der Waals surface area contributed by atoms with Crippen molar-refractivity contribution in [2.45, 2.75) is 12.8 Å². The van der Waals surface area contributed by atoms with Gasteiger partial charge in [0, 0.05) is 13.1 Å². The Labute approximate surface area is 60.1 Å². The van der Waals surface area contributed by atoms with Crippen LogP contribution in [-0.4, -0.2) is 24.0 Å². The molecule has 0 unspecified atom stereocenters. The molecule has 4 N–H and O–H groups in total. The smallest absolute Gasteiger partial charge is 0.221 e. The highest BCUT2D eigenvalue weighted by Crippen LogP contribution is 2.12. The summed E-state index contributed by atoms with van der Waals surface area (Å²) in [5.41, 5.74) is 5.11. The molecule has 10 heavy (non-hydrogen) atoms. The fourth-order valence-electron chi connectivity index (χ4n) is 1.24. The molecular formula is C6H13N3O. The first-order chi connectivity index (χ1) is 4.70. The minimum Gasteiger partial charge on any atom is -0.369 e. The average Bonchev–Trinajstić information content (AvgIpc) is 1.88. The number of hydrogen-bond acceptors (Lipinski definition) is 3. The van der Waals surface area contributed by atoms with Crippen LogP contribution in [0.2, 0.25) is 0 Å². The molecule has 0 aromatic heterocycles. The molecule has 4 heteroatoms. The lowest BCUT2D eigenvalue weighted by Gasteiger charge is -2.26. The van der Waals surface area contributed by atoms with Crippen molar-refractivity contribution in [3.63, 3.8) is 0 Å². The summed E-state index contributed by atoms with van der Waals surface area (Å²) in [6, 6.07) is 0. The number of primary amides is 1. The van der Waals surface area contributed by atoms with Crippen molar-refractivity contribution in [2.75, 3.05) is 13.1 Å². The van der Waals surface area contributed by atoms with Gasteiger partial charge in [-0.05, 0) is 12.8 Å². The third kappa shape index (κ3) is 1.68. The molecule has 0 aromatic rings. The maximum absolute atomic E-state index is 10.6. The lowest BCUT2D eigenvalue weighted by molar-refractivity contribution is -0.123. The number of carbonyl (C=O) groups excluding carboxylic acids is 1. The summed E-state index contributed by atoms with van der Waals surface area (Å²) in [5, 5.41) is 1.65. The molecule has 58 valence electrons. The van der Waals surface area contributed by atoms with Crippen LogP contribution in [0.25, 0.3) is 0 Å². The van der Waals surface area contributed by atoms with Crippen LogP contribution in [0.3, 0.4) is 0 Å². The van der Waals surface area contributed by atoms with Crippen LogP contribution < -0.4 is 11.6 Å². The molecule has 1 aliphatic rings. The molecule has 0 bridgehead atoms. The van der Waals surface area contributed by atoms with E-state index in [-0.39, 0.29) is 11.8 Å². The van der Waals surface area contributed by atoms with E-state index in [1.807, 2.05) is 0 Å². The Kier molecular flexibility index (Phi) is 2.24. The Morgan fingerprint density at radius 2 is 2.30 bits per heavy atom. The van der Waals surface area contributed by atoms with E-state index in [0.29, 0.717) is 6.54 Å². The van der Waals surface area contributed by atoms with Gasteiger partial charge >= 0.3 is 0 Å². The van der Waals surface area contributed by atoms with Crippen LogP contribution >= 0.6 is 0 Å². The maximum atomic E-state index is 10.6. The Balaban J connectivity index is 2.39. The van der Waals surface area contributed by atoms with Gasteiger partial charge in [0.2, 0.25) is 5.91 Å². The van der Waals surface area contributed by atoms with E-state index in [1.165, 1.54) is 0 Å². The molecule has 1 amide bonds. The first-order valence-electron chi connectivity index (χ1n) is 3.49. The minimum absolute atomic E-state index is 0.0289. The van der Waals surface area contributed by atoms with Gasteiger partial charge in [-0.25, -0.2) is 5.01 Å². The van der Waals surface area contributed by atoms with Crippen LogP contribution in [0.5, 0.6) is 0 Å². The summed E-state index contributed by atoms with van der Waals surface area (Å²) in [6.07, 6.45) is 1.87. The fraction of sp³-hybridized carbons (Fsp3) is 0.833. The monoisotopic (exact) mass is 143 g/mol. The van der Waals surface area contributed by atoms with Crippen LogP contribution in [0.1, 0.15) is 12.8 Å². The molecule has 1 fully saturated rings. The van der Waals surface area contributed by atoms with Crippen LogP contribution in [0.4, 0.5) is 0 Å². The van der Waals surface area contributed by atoms with Crippen molar-refractivity contribution in [3.8, 4) is 0 Å². The predicted molar refractivity (Wildman–Crippen MR) is 37.7 cm³/mol. The SMILES string of the molecule is NC(=O)[C@@H]1CCCN(N)C1. The van der Waals surface area contributed by atoms with Gasteiger partial charge < -0.3 is 5.73 Å². The minimum atomic E-state index is -0.227. The average molecular weight is 143 g/mol. The lowest BCUT2D eigenvalue weighted by atomic mass is 9.99. The Morgan fingerprint density at radius 3 is 2.70 bits per heavy atom. The van der Waals surface area contributed by atoms with Crippen molar-refractivity contribution in [1.82, 2.24) is 5.01 Å². The highest BCUT2D eigenvalue weighted by molar-refractivity contribution is 5.76. The summed E-state index contributed by atoms with van der Waals surface area (Å²) >= 11 is 0. The Bertz CT molecular complexity index is 137. The number of nitrogens with two attached hydrogens (primary N) is 2. The molecule has 1 rings (SSSR count). The summed E-state index contributed by atoms with van der Waals surface area (Å²) < 4.78 is 0. The number of hydrazine groups is 1. The van der Waals surface area contributed by atoms with Gasteiger partial charge in [0.15, 0.2) is 0 Å². The molecule has 0 radical (unpaired) electrons. The number of carbonyl (C=O) groups is 1. The standard InChI is InChI=1S/C6H13N3O/c7-6(10)5-2-1-3-9(8)4-5/h5H,1-4,8H2,(H2,7,10)/t5-/m1/s1. The largest absolute Gasteiger partial charge is 0.369 e. The van der Waals surface area contributed by atoms with E-state index in [9.17, 15) is 4.79 Å². The molecule has 0 aromatic carbocycles. The lowest BCUT2D eigenvalue weighted by Crippen LogP contribution is -2.44.